The van der Waals surface area contributed by atoms with Crippen molar-refractivity contribution in [3.8, 4) is 0 Å². The fourth-order valence-corrected chi connectivity index (χ4v) is 1.68. The van der Waals surface area contributed by atoms with E-state index < -0.39 is 0 Å². The zero-order valence-electron chi connectivity index (χ0n) is 10.5. The molecule has 1 aromatic heterocycles. The van der Waals surface area contributed by atoms with E-state index in [4.69, 9.17) is 5.73 Å². The monoisotopic (exact) mass is 256 g/mol. The number of aryl methyl sites for hydroxylation is 1. The van der Waals surface area contributed by atoms with E-state index in [0.717, 1.165) is 12.8 Å². The first-order valence-electron chi connectivity index (χ1n) is 6.15. The number of carbonyl (C=O) groups excluding carboxylic acids is 1. The van der Waals surface area contributed by atoms with Crippen molar-refractivity contribution in [3.05, 3.63) is 54.0 Å². The number of nitrogens with two attached hydrogens (primary N) is 1. The van der Waals surface area contributed by atoms with Crippen LogP contribution in [0.5, 0.6) is 0 Å². The summed E-state index contributed by atoms with van der Waals surface area (Å²) in [5.41, 5.74) is 6.96. The summed E-state index contributed by atoms with van der Waals surface area (Å²) < 4.78 is 0. The Morgan fingerprint density at radius 2 is 1.95 bits per heavy atom. The van der Waals surface area contributed by atoms with Crippen LogP contribution in [0.1, 0.15) is 22.5 Å². The molecule has 0 radical (unpaired) electrons. The van der Waals surface area contributed by atoms with Crippen molar-refractivity contribution in [1.29, 1.82) is 0 Å². The number of nitrogens with zero attached hydrogens (tertiary/aromatic N) is 2. The number of carbonyl (C=O) groups is 1. The maximum absolute atomic E-state index is 11.7. The number of rotatable bonds is 5. The third kappa shape index (κ3) is 4.06. The van der Waals surface area contributed by atoms with E-state index in [1.807, 2.05) is 18.2 Å². The van der Waals surface area contributed by atoms with Gasteiger partial charge < -0.3 is 11.1 Å². The summed E-state index contributed by atoms with van der Waals surface area (Å²) in [5, 5.41) is 2.81. The fourth-order valence-electron chi connectivity index (χ4n) is 1.68. The predicted molar refractivity (Wildman–Crippen MR) is 73.5 cm³/mol. The first kappa shape index (κ1) is 13.0. The zero-order valence-corrected chi connectivity index (χ0v) is 10.5. The minimum atomic E-state index is -0.222. The van der Waals surface area contributed by atoms with Gasteiger partial charge in [0, 0.05) is 6.54 Å². The Morgan fingerprint density at radius 3 is 2.63 bits per heavy atom. The minimum Gasteiger partial charge on any atom is -0.382 e. The molecule has 0 aliphatic carbocycles. The Kier molecular flexibility index (Phi) is 4.44. The van der Waals surface area contributed by atoms with Gasteiger partial charge in [0.15, 0.2) is 0 Å². The molecule has 2 aromatic rings. The molecular formula is C14H16N4O. The Morgan fingerprint density at radius 1 is 1.16 bits per heavy atom. The highest BCUT2D eigenvalue weighted by Gasteiger charge is 2.06. The molecule has 0 aliphatic rings. The molecule has 5 nitrogen and oxygen atoms in total. The van der Waals surface area contributed by atoms with Gasteiger partial charge in [0.2, 0.25) is 0 Å². The molecule has 19 heavy (non-hydrogen) atoms. The van der Waals surface area contributed by atoms with Crippen LogP contribution in [0.2, 0.25) is 0 Å². The van der Waals surface area contributed by atoms with Gasteiger partial charge in [-0.05, 0) is 18.4 Å². The molecule has 2 rings (SSSR count). The summed E-state index contributed by atoms with van der Waals surface area (Å²) in [6, 6.07) is 10.2. The summed E-state index contributed by atoms with van der Waals surface area (Å²) in [6.07, 6.45) is 4.58. The van der Waals surface area contributed by atoms with Crippen LogP contribution in [0.3, 0.4) is 0 Å². The number of anilines is 1. The minimum absolute atomic E-state index is 0.222. The summed E-state index contributed by atoms with van der Waals surface area (Å²) in [7, 11) is 0. The van der Waals surface area contributed by atoms with Crippen molar-refractivity contribution >= 4 is 11.7 Å². The van der Waals surface area contributed by atoms with Crippen LogP contribution in [0.25, 0.3) is 0 Å². The van der Waals surface area contributed by atoms with Crippen LogP contribution in [-0.4, -0.2) is 22.4 Å². The van der Waals surface area contributed by atoms with Crippen molar-refractivity contribution in [3.63, 3.8) is 0 Å². The quantitative estimate of drug-likeness (QED) is 0.793. The number of nitrogens with one attached hydrogen (secondary N) is 1. The number of benzene rings is 1. The smallest absolute Gasteiger partial charge is 0.271 e. The van der Waals surface area contributed by atoms with Crippen LogP contribution in [0.15, 0.2) is 42.7 Å². The van der Waals surface area contributed by atoms with Crippen LogP contribution >= 0.6 is 0 Å². The topological polar surface area (TPSA) is 80.9 Å². The number of hydrogen-bond donors (Lipinski definition) is 2. The summed E-state index contributed by atoms with van der Waals surface area (Å²) in [5.74, 6) is 0.0844. The van der Waals surface area contributed by atoms with Gasteiger partial charge in [-0.15, -0.1) is 0 Å². The van der Waals surface area contributed by atoms with E-state index in [1.54, 1.807) is 0 Å². The first-order valence-corrected chi connectivity index (χ1v) is 6.15. The molecule has 0 aliphatic heterocycles. The molecule has 0 unspecified atom stereocenters. The van der Waals surface area contributed by atoms with Gasteiger partial charge in [-0.1, -0.05) is 30.3 Å². The lowest BCUT2D eigenvalue weighted by Gasteiger charge is -2.04. The summed E-state index contributed by atoms with van der Waals surface area (Å²) in [6.45, 7) is 0.611. The van der Waals surface area contributed by atoms with Gasteiger partial charge in [-0.25, -0.2) is 9.97 Å². The largest absolute Gasteiger partial charge is 0.382 e. The fraction of sp³-hybridized carbons (Fsp3) is 0.214. The number of nitrogen functional groups attached to an aromatic ring is 1. The summed E-state index contributed by atoms with van der Waals surface area (Å²) >= 11 is 0. The van der Waals surface area contributed by atoms with Crippen LogP contribution in [0.4, 0.5) is 5.82 Å². The molecule has 1 heterocycles. The van der Waals surface area contributed by atoms with Crippen molar-refractivity contribution in [2.75, 3.05) is 12.3 Å². The third-order valence-corrected chi connectivity index (χ3v) is 2.68. The lowest BCUT2D eigenvalue weighted by atomic mass is 10.1. The van der Waals surface area contributed by atoms with Crippen molar-refractivity contribution in [2.24, 2.45) is 0 Å². The van der Waals surface area contributed by atoms with Gasteiger partial charge >= 0.3 is 0 Å². The zero-order chi connectivity index (χ0) is 13.5. The third-order valence-electron chi connectivity index (χ3n) is 2.68. The van der Waals surface area contributed by atoms with E-state index in [-0.39, 0.29) is 11.6 Å². The predicted octanol–water partition coefficient (Wildman–Crippen LogP) is 1.42. The molecule has 1 amide bonds. The van der Waals surface area contributed by atoms with E-state index in [2.05, 4.69) is 27.4 Å². The molecule has 0 fully saturated rings. The van der Waals surface area contributed by atoms with Gasteiger partial charge in [-0.3, -0.25) is 4.79 Å². The van der Waals surface area contributed by atoms with Gasteiger partial charge in [0.1, 0.15) is 11.5 Å². The Hall–Kier alpha value is -2.43. The van der Waals surface area contributed by atoms with E-state index in [1.165, 1.54) is 18.0 Å². The van der Waals surface area contributed by atoms with Crippen LogP contribution in [-0.2, 0) is 6.42 Å². The molecule has 0 bridgehead atoms. The van der Waals surface area contributed by atoms with Crippen molar-refractivity contribution in [1.82, 2.24) is 15.3 Å². The van der Waals surface area contributed by atoms with Crippen molar-refractivity contribution < 1.29 is 4.79 Å². The lowest BCUT2D eigenvalue weighted by Crippen LogP contribution is -2.25. The summed E-state index contributed by atoms with van der Waals surface area (Å²) in [4.78, 5) is 19.5. The highest BCUT2D eigenvalue weighted by Crippen LogP contribution is 2.02. The maximum atomic E-state index is 11.7. The van der Waals surface area contributed by atoms with E-state index in [9.17, 15) is 4.79 Å². The SMILES string of the molecule is Nc1cnc(C(=O)NCCCc2ccccc2)cn1. The maximum Gasteiger partial charge on any atom is 0.271 e. The van der Waals surface area contributed by atoms with Crippen LogP contribution in [0, 0.1) is 0 Å². The standard InChI is InChI=1S/C14H16N4O/c15-13-10-17-12(9-18-13)14(19)16-8-4-7-11-5-2-1-3-6-11/h1-3,5-6,9-10H,4,7-8H2,(H2,15,18)(H,16,19). The second-order valence-electron chi connectivity index (χ2n) is 4.17. The number of hydrogen-bond acceptors (Lipinski definition) is 4. The highest BCUT2D eigenvalue weighted by molar-refractivity contribution is 5.91. The molecule has 0 spiro atoms. The highest BCUT2D eigenvalue weighted by atomic mass is 16.1. The molecule has 1 aromatic carbocycles. The van der Waals surface area contributed by atoms with Crippen molar-refractivity contribution in [2.45, 2.75) is 12.8 Å². The number of aromatic nitrogens is 2. The average Bonchev–Trinajstić information content (AvgIpc) is 2.45. The normalized spacial score (nSPS) is 10.1. The lowest BCUT2D eigenvalue weighted by molar-refractivity contribution is 0.0948. The van der Waals surface area contributed by atoms with E-state index in [0.29, 0.717) is 12.4 Å². The molecule has 0 saturated carbocycles. The van der Waals surface area contributed by atoms with Gasteiger partial charge in [0.25, 0.3) is 5.91 Å². The molecule has 0 saturated heterocycles. The second-order valence-corrected chi connectivity index (χ2v) is 4.17. The molecule has 98 valence electrons. The molecular weight excluding hydrogens is 240 g/mol. The Labute approximate surface area is 111 Å². The van der Waals surface area contributed by atoms with Crippen LogP contribution < -0.4 is 11.1 Å². The Bertz CT molecular complexity index is 525. The van der Waals surface area contributed by atoms with Gasteiger partial charge in [0.05, 0.1) is 12.4 Å². The van der Waals surface area contributed by atoms with Gasteiger partial charge in [-0.2, -0.15) is 0 Å². The average molecular weight is 256 g/mol. The first-order chi connectivity index (χ1) is 9.25. The molecule has 5 heteroatoms. The Balaban J connectivity index is 1.74. The van der Waals surface area contributed by atoms with E-state index >= 15 is 0 Å². The number of amides is 1. The molecule has 0 atom stereocenters. The second kappa shape index (κ2) is 6.49. The molecule has 3 N–H and O–H groups in total.